The van der Waals surface area contributed by atoms with Crippen LogP contribution in [0.15, 0.2) is 54.6 Å². The van der Waals surface area contributed by atoms with Gasteiger partial charge in [-0.3, -0.25) is 25.8 Å². The first kappa shape index (κ1) is 19.4. The van der Waals surface area contributed by atoms with Crippen LogP contribution in [0.25, 0.3) is 0 Å². The van der Waals surface area contributed by atoms with Crippen molar-refractivity contribution in [1.29, 1.82) is 0 Å². The van der Waals surface area contributed by atoms with Gasteiger partial charge in [0.05, 0.1) is 12.2 Å². The van der Waals surface area contributed by atoms with Gasteiger partial charge in [-0.15, -0.1) is 0 Å². The molecule has 3 N–H and O–H groups in total. The Hall–Kier alpha value is -2.93. The number of ether oxygens (including phenoxy) is 1. The van der Waals surface area contributed by atoms with Crippen LogP contribution in [0.5, 0.6) is 5.75 Å². The number of hydrogen-bond donors (Lipinski definition) is 3. The van der Waals surface area contributed by atoms with Gasteiger partial charge >= 0.3 is 0 Å². The van der Waals surface area contributed by atoms with E-state index in [-0.39, 0.29) is 11.0 Å². The molecule has 136 valence electrons. The lowest BCUT2D eigenvalue weighted by Gasteiger charge is -2.13. The molecule has 0 saturated carbocycles. The van der Waals surface area contributed by atoms with E-state index in [4.69, 9.17) is 17.0 Å². The maximum Gasteiger partial charge on any atom is 0.261 e. The highest BCUT2D eigenvalue weighted by atomic mass is 32.1. The van der Waals surface area contributed by atoms with Gasteiger partial charge in [0.25, 0.3) is 5.91 Å². The minimum atomic E-state index is -0.412. The summed E-state index contributed by atoms with van der Waals surface area (Å²) in [5, 5.41) is 2.52. The molecule has 26 heavy (non-hydrogen) atoms. The number of rotatable bonds is 6. The molecule has 0 heterocycles. The van der Waals surface area contributed by atoms with E-state index in [0.717, 1.165) is 5.56 Å². The average Bonchev–Trinajstić information content (AvgIpc) is 2.66. The molecular weight excluding hydrogens is 350 g/mol. The van der Waals surface area contributed by atoms with Crippen LogP contribution in [0.3, 0.4) is 0 Å². The van der Waals surface area contributed by atoms with Gasteiger partial charge in [-0.05, 0) is 43.3 Å². The maximum absolute atomic E-state index is 12.3. The van der Waals surface area contributed by atoms with E-state index >= 15 is 0 Å². The molecule has 2 amide bonds. The first-order valence-corrected chi connectivity index (χ1v) is 8.67. The SMILES string of the molecule is CCOc1ccccc1C(=O)NC(=S)NNC(=O)CCc1ccccc1. The van der Waals surface area contributed by atoms with Crippen molar-refractivity contribution < 1.29 is 14.3 Å². The molecule has 0 aliphatic heterocycles. The Morgan fingerprint density at radius 1 is 1.00 bits per heavy atom. The Morgan fingerprint density at radius 2 is 1.69 bits per heavy atom. The van der Waals surface area contributed by atoms with Crippen molar-refractivity contribution in [2.45, 2.75) is 19.8 Å². The lowest BCUT2D eigenvalue weighted by molar-refractivity contribution is -0.121. The Labute approximate surface area is 157 Å². The van der Waals surface area contributed by atoms with E-state index in [1.807, 2.05) is 37.3 Å². The summed E-state index contributed by atoms with van der Waals surface area (Å²) in [6, 6.07) is 16.6. The van der Waals surface area contributed by atoms with Crippen LogP contribution in [0.4, 0.5) is 0 Å². The second-order valence-corrected chi connectivity index (χ2v) is 5.78. The van der Waals surface area contributed by atoms with Crippen LogP contribution in [0.2, 0.25) is 0 Å². The zero-order chi connectivity index (χ0) is 18.8. The minimum Gasteiger partial charge on any atom is -0.493 e. The zero-order valence-corrected chi connectivity index (χ0v) is 15.3. The number of aryl methyl sites for hydroxylation is 1. The largest absolute Gasteiger partial charge is 0.493 e. The molecule has 0 aromatic heterocycles. The molecule has 2 aromatic rings. The number of benzene rings is 2. The van der Waals surface area contributed by atoms with Gasteiger partial charge in [-0.1, -0.05) is 42.5 Å². The normalized spacial score (nSPS) is 9.88. The van der Waals surface area contributed by atoms with Crippen LogP contribution >= 0.6 is 12.2 Å². The second-order valence-electron chi connectivity index (χ2n) is 5.37. The average molecular weight is 371 g/mol. The Balaban J connectivity index is 1.77. The van der Waals surface area contributed by atoms with Crippen LogP contribution < -0.4 is 20.9 Å². The Kier molecular flexibility index (Phi) is 7.57. The first-order chi connectivity index (χ1) is 12.6. The summed E-state index contributed by atoms with van der Waals surface area (Å²) in [6.45, 7) is 2.29. The highest BCUT2D eigenvalue weighted by Crippen LogP contribution is 2.17. The summed E-state index contributed by atoms with van der Waals surface area (Å²) in [6.07, 6.45) is 0.927. The van der Waals surface area contributed by atoms with Crippen LogP contribution in [-0.4, -0.2) is 23.5 Å². The van der Waals surface area contributed by atoms with Crippen molar-refractivity contribution in [1.82, 2.24) is 16.2 Å². The fourth-order valence-corrected chi connectivity index (χ4v) is 2.37. The van der Waals surface area contributed by atoms with Gasteiger partial charge in [-0.25, -0.2) is 0 Å². The number of nitrogens with one attached hydrogen (secondary N) is 3. The van der Waals surface area contributed by atoms with E-state index in [1.165, 1.54) is 0 Å². The molecule has 0 bridgehead atoms. The third-order valence-corrected chi connectivity index (χ3v) is 3.66. The zero-order valence-electron chi connectivity index (χ0n) is 14.5. The highest BCUT2D eigenvalue weighted by Gasteiger charge is 2.13. The maximum atomic E-state index is 12.3. The lowest BCUT2D eigenvalue weighted by atomic mass is 10.1. The summed E-state index contributed by atoms with van der Waals surface area (Å²) in [4.78, 5) is 24.1. The monoisotopic (exact) mass is 371 g/mol. The molecule has 0 atom stereocenters. The molecule has 7 heteroatoms. The number of para-hydroxylation sites is 1. The van der Waals surface area contributed by atoms with Crippen molar-refractivity contribution in [3.63, 3.8) is 0 Å². The molecule has 0 radical (unpaired) electrons. The minimum absolute atomic E-state index is 0.00867. The summed E-state index contributed by atoms with van der Waals surface area (Å²) >= 11 is 5.04. The van der Waals surface area contributed by atoms with E-state index in [0.29, 0.717) is 30.8 Å². The molecular formula is C19H21N3O3S. The number of hydrogen-bond acceptors (Lipinski definition) is 4. The lowest BCUT2D eigenvalue weighted by Crippen LogP contribution is -2.48. The van der Waals surface area contributed by atoms with Crippen molar-refractivity contribution in [3.05, 3.63) is 65.7 Å². The number of thiocarbonyl (C=S) groups is 1. The standard InChI is InChI=1S/C19H21N3O3S/c1-2-25-16-11-7-6-10-15(16)18(24)20-19(26)22-21-17(23)13-12-14-8-4-3-5-9-14/h3-11H,2,12-13H2,1H3,(H,21,23)(H2,20,22,24,26). The number of amides is 2. The molecule has 0 fully saturated rings. The fraction of sp³-hybridized carbons (Fsp3) is 0.211. The Morgan fingerprint density at radius 3 is 2.42 bits per heavy atom. The molecule has 6 nitrogen and oxygen atoms in total. The van der Waals surface area contributed by atoms with E-state index in [9.17, 15) is 9.59 Å². The van der Waals surface area contributed by atoms with Crippen molar-refractivity contribution >= 4 is 29.1 Å². The third kappa shape index (κ3) is 6.18. The molecule has 2 aromatic carbocycles. The summed E-state index contributed by atoms with van der Waals surface area (Å²) < 4.78 is 5.42. The van der Waals surface area contributed by atoms with Crippen molar-refractivity contribution in [2.24, 2.45) is 0 Å². The quantitative estimate of drug-likeness (QED) is 0.537. The molecule has 0 aliphatic carbocycles. The highest BCUT2D eigenvalue weighted by molar-refractivity contribution is 7.80. The molecule has 0 saturated heterocycles. The number of carbonyl (C=O) groups is 2. The van der Waals surface area contributed by atoms with Gasteiger partial charge in [0.1, 0.15) is 5.75 Å². The van der Waals surface area contributed by atoms with E-state index < -0.39 is 5.91 Å². The van der Waals surface area contributed by atoms with Gasteiger partial charge in [0.15, 0.2) is 5.11 Å². The summed E-state index contributed by atoms with van der Waals surface area (Å²) in [7, 11) is 0. The molecule has 0 spiro atoms. The van der Waals surface area contributed by atoms with Crippen molar-refractivity contribution in [3.8, 4) is 5.75 Å². The van der Waals surface area contributed by atoms with Crippen LogP contribution in [-0.2, 0) is 11.2 Å². The predicted octanol–water partition coefficient (Wildman–Crippen LogP) is 2.35. The summed E-state index contributed by atoms with van der Waals surface area (Å²) in [5.41, 5.74) is 6.45. The summed E-state index contributed by atoms with van der Waals surface area (Å²) in [5.74, 6) is -0.160. The predicted molar refractivity (Wildman–Crippen MR) is 104 cm³/mol. The molecule has 2 rings (SSSR count). The molecule has 0 unspecified atom stereocenters. The van der Waals surface area contributed by atoms with E-state index in [1.54, 1.807) is 24.3 Å². The second kappa shape index (κ2) is 10.1. The number of carbonyl (C=O) groups excluding carboxylic acids is 2. The Bertz CT molecular complexity index is 766. The number of hydrazine groups is 1. The van der Waals surface area contributed by atoms with Crippen molar-refractivity contribution in [2.75, 3.05) is 6.61 Å². The van der Waals surface area contributed by atoms with Gasteiger partial charge in [-0.2, -0.15) is 0 Å². The third-order valence-electron chi connectivity index (χ3n) is 3.46. The van der Waals surface area contributed by atoms with Gasteiger partial charge < -0.3 is 4.74 Å². The smallest absolute Gasteiger partial charge is 0.261 e. The first-order valence-electron chi connectivity index (χ1n) is 8.26. The molecule has 0 aliphatic rings. The van der Waals surface area contributed by atoms with Gasteiger partial charge in [0.2, 0.25) is 5.91 Å². The van der Waals surface area contributed by atoms with E-state index in [2.05, 4.69) is 16.2 Å². The van der Waals surface area contributed by atoms with Gasteiger partial charge in [0, 0.05) is 6.42 Å². The van der Waals surface area contributed by atoms with Crippen LogP contribution in [0.1, 0.15) is 29.3 Å². The van der Waals surface area contributed by atoms with Crippen LogP contribution in [0, 0.1) is 0 Å². The topological polar surface area (TPSA) is 79.5 Å². The fourth-order valence-electron chi connectivity index (χ4n) is 2.23.